The van der Waals surface area contributed by atoms with E-state index in [0.29, 0.717) is 28.4 Å². The van der Waals surface area contributed by atoms with Crippen molar-refractivity contribution in [2.24, 2.45) is 0 Å². The summed E-state index contributed by atoms with van der Waals surface area (Å²) < 4.78 is -1.32. The zero-order valence-corrected chi connectivity index (χ0v) is 21.7. The summed E-state index contributed by atoms with van der Waals surface area (Å²) in [5, 5.41) is 16.4. The molecule has 0 saturated carbocycles. The molecule has 0 fully saturated rings. The van der Waals surface area contributed by atoms with Gasteiger partial charge in [-0.15, -0.1) is 0 Å². The van der Waals surface area contributed by atoms with Crippen molar-refractivity contribution >= 4 is 23.4 Å². The number of carbonyl (C=O) groups excluding carboxylic acids is 1. The minimum Gasteiger partial charge on any atom is -0.360 e. The zero-order valence-electron chi connectivity index (χ0n) is 20.9. The van der Waals surface area contributed by atoms with Gasteiger partial charge in [-0.1, -0.05) is 121 Å². The Morgan fingerprint density at radius 2 is 1.39 bits per heavy atom. The van der Waals surface area contributed by atoms with Crippen molar-refractivity contribution in [1.29, 1.82) is 0 Å². The second-order valence-electron chi connectivity index (χ2n) is 9.16. The number of anilines is 1. The molecule has 0 radical (unpaired) electrons. The molecule has 2 atom stereocenters. The Morgan fingerprint density at radius 1 is 0.868 bits per heavy atom. The van der Waals surface area contributed by atoms with Crippen LogP contribution in [-0.4, -0.2) is 22.8 Å². The van der Waals surface area contributed by atoms with Crippen LogP contribution in [-0.2, 0) is 16.1 Å². The van der Waals surface area contributed by atoms with E-state index in [1.54, 1.807) is 0 Å². The van der Waals surface area contributed by atoms with E-state index in [2.05, 4.69) is 5.32 Å². The van der Waals surface area contributed by atoms with Gasteiger partial charge in [-0.25, -0.2) is 0 Å². The van der Waals surface area contributed by atoms with Crippen molar-refractivity contribution in [1.82, 2.24) is 4.90 Å². The second-order valence-corrected chi connectivity index (χ2v) is 10.4. The molecule has 1 aliphatic heterocycles. The molecule has 1 aliphatic rings. The fourth-order valence-corrected chi connectivity index (χ4v) is 6.55. The summed E-state index contributed by atoms with van der Waals surface area (Å²) in [5.41, 5.74) is 3.09. The van der Waals surface area contributed by atoms with E-state index in [1.165, 1.54) is 11.8 Å². The second kappa shape index (κ2) is 10.9. The number of nitrogens with zero attached hydrogens (tertiary/aromatic N) is 2. The minimum absolute atomic E-state index is 0.0201. The highest BCUT2D eigenvalue weighted by atomic mass is 32.2. The average Bonchev–Trinajstić information content (AvgIpc) is 3.33. The third-order valence-corrected chi connectivity index (χ3v) is 8.36. The number of rotatable bonds is 8. The van der Waals surface area contributed by atoms with Crippen LogP contribution in [0.1, 0.15) is 22.6 Å². The van der Waals surface area contributed by atoms with Crippen LogP contribution in [0, 0.1) is 10.1 Å². The Bertz CT molecular complexity index is 1450. The Morgan fingerprint density at radius 3 is 1.97 bits per heavy atom. The lowest BCUT2D eigenvalue weighted by Gasteiger charge is -2.34. The number of thioether (sulfide) groups is 1. The van der Waals surface area contributed by atoms with Crippen molar-refractivity contribution in [3.8, 4) is 0 Å². The van der Waals surface area contributed by atoms with Gasteiger partial charge in [0.05, 0.1) is 4.92 Å². The molecule has 0 aliphatic carbocycles. The summed E-state index contributed by atoms with van der Waals surface area (Å²) in [5.74, 6) is -1.14. The van der Waals surface area contributed by atoms with E-state index in [4.69, 9.17) is 0 Å². The van der Waals surface area contributed by atoms with Crippen molar-refractivity contribution in [2.75, 3.05) is 12.4 Å². The number of hydrogen-bond donors (Lipinski definition) is 1. The van der Waals surface area contributed by atoms with E-state index in [9.17, 15) is 14.9 Å². The van der Waals surface area contributed by atoms with Gasteiger partial charge in [0.1, 0.15) is 15.7 Å². The first-order valence-corrected chi connectivity index (χ1v) is 13.1. The third kappa shape index (κ3) is 4.80. The van der Waals surface area contributed by atoms with Gasteiger partial charge < -0.3 is 10.2 Å². The predicted octanol–water partition coefficient (Wildman–Crippen LogP) is 6.63. The lowest BCUT2D eigenvalue weighted by Crippen LogP contribution is -2.42. The molecule has 0 aromatic heterocycles. The lowest BCUT2D eigenvalue weighted by atomic mass is 9.78. The lowest BCUT2D eigenvalue weighted by molar-refractivity contribution is -0.431. The first-order valence-electron chi connectivity index (χ1n) is 12.3. The summed E-state index contributed by atoms with van der Waals surface area (Å²) in [6, 6.07) is 37.7. The molecular formula is C31H27N3O3S. The van der Waals surface area contributed by atoms with Gasteiger partial charge in [0.25, 0.3) is 5.70 Å². The van der Waals surface area contributed by atoms with Crippen LogP contribution in [0.5, 0.6) is 0 Å². The monoisotopic (exact) mass is 521 g/mol. The van der Waals surface area contributed by atoms with Gasteiger partial charge in [0.15, 0.2) is 0 Å². The first kappa shape index (κ1) is 25.3. The molecule has 38 heavy (non-hydrogen) atoms. The number of amides is 1. The highest BCUT2D eigenvalue weighted by molar-refractivity contribution is 8.05. The number of para-hydroxylation sites is 1. The van der Waals surface area contributed by atoms with Gasteiger partial charge in [-0.05, 0) is 28.8 Å². The van der Waals surface area contributed by atoms with Crippen LogP contribution in [0.2, 0.25) is 0 Å². The van der Waals surface area contributed by atoms with Crippen molar-refractivity contribution in [2.45, 2.75) is 17.2 Å². The van der Waals surface area contributed by atoms with Crippen LogP contribution < -0.4 is 5.32 Å². The molecular weight excluding hydrogens is 494 g/mol. The largest absolute Gasteiger partial charge is 0.360 e. The van der Waals surface area contributed by atoms with Gasteiger partial charge >= 0.3 is 0 Å². The quantitative estimate of drug-likeness (QED) is 0.208. The van der Waals surface area contributed by atoms with E-state index < -0.39 is 10.7 Å². The zero-order chi connectivity index (χ0) is 26.5. The van der Waals surface area contributed by atoms with Crippen LogP contribution >= 0.6 is 11.8 Å². The fraction of sp³-hybridized carbons (Fsp3) is 0.129. The third-order valence-electron chi connectivity index (χ3n) is 6.67. The maximum absolute atomic E-state index is 14.4. The number of carbonyl (C=O) groups is 1. The summed E-state index contributed by atoms with van der Waals surface area (Å²) >= 11 is 1.26. The van der Waals surface area contributed by atoms with Crippen molar-refractivity contribution < 1.29 is 9.72 Å². The van der Waals surface area contributed by atoms with Gasteiger partial charge in [0, 0.05) is 19.3 Å². The van der Waals surface area contributed by atoms with Crippen LogP contribution in [0.25, 0.3) is 0 Å². The number of benzene rings is 4. The van der Waals surface area contributed by atoms with Crippen molar-refractivity contribution in [3.05, 3.63) is 159 Å². The van der Waals surface area contributed by atoms with Crippen LogP contribution in [0.15, 0.2) is 132 Å². The molecule has 5 rings (SSSR count). The molecule has 1 N–H and O–H groups in total. The number of nitrogens with one attached hydrogen (secondary N) is 1. The molecule has 0 bridgehead atoms. The van der Waals surface area contributed by atoms with Crippen molar-refractivity contribution in [3.63, 3.8) is 0 Å². The molecule has 0 unspecified atom stereocenters. The molecule has 4 aromatic rings. The average molecular weight is 522 g/mol. The molecule has 0 saturated heterocycles. The number of allylic oxidation sites excluding steroid dienone is 1. The standard InChI is InChI=1S/C31H27N3O3S/c1-33(22-23-14-6-2-7-15-23)29-28(34(36)37)27(24-16-8-3-9-17-24)31(38-29,25-18-10-4-11-19-25)30(35)32-26-20-12-5-13-21-26/h2-21,27H,22H2,1H3,(H,32,35)/t27-,31+/m0/s1. The Hall–Kier alpha value is -4.36. The number of hydrogen-bond acceptors (Lipinski definition) is 5. The molecule has 1 heterocycles. The maximum atomic E-state index is 14.4. The van der Waals surface area contributed by atoms with Gasteiger partial charge in [-0.2, -0.15) is 0 Å². The highest BCUT2D eigenvalue weighted by Crippen LogP contribution is 2.61. The number of nitro groups is 1. The summed E-state index contributed by atoms with van der Waals surface area (Å²) in [4.78, 5) is 28.8. The normalized spacial score (nSPS) is 18.7. The first-order chi connectivity index (χ1) is 18.5. The van der Waals surface area contributed by atoms with Gasteiger partial charge in [0.2, 0.25) is 5.91 Å². The molecule has 7 heteroatoms. The molecule has 4 aromatic carbocycles. The Balaban J connectivity index is 1.70. The Kier molecular flexibility index (Phi) is 7.29. The molecule has 1 amide bonds. The summed E-state index contributed by atoms with van der Waals surface area (Å²) in [6.45, 7) is 0.465. The summed E-state index contributed by atoms with van der Waals surface area (Å²) in [7, 11) is 1.84. The van der Waals surface area contributed by atoms with Gasteiger partial charge in [-0.3, -0.25) is 14.9 Å². The van der Waals surface area contributed by atoms with Crippen LogP contribution in [0.4, 0.5) is 5.69 Å². The van der Waals surface area contributed by atoms with E-state index in [0.717, 1.165) is 5.56 Å². The highest BCUT2D eigenvalue weighted by Gasteiger charge is 2.61. The van der Waals surface area contributed by atoms with E-state index >= 15 is 0 Å². The fourth-order valence-electron chi connectivity index (χ4n) is 4.97. The SMILES string of the molecule is CN(Cc1ccccc1)C1=C([N+](=O)[O-])[C@H](c2ccccc2)[C@@](C(=O)Nc2ccccc2)(c2ccccc2)S1. The molecule has 6 nitrogen and oxygen atoms in total. The predicted molar refractivity (Wildman–Crippen MR) is 152 cm³/mol. The Labute approximate surface area is 226 Å². The smallest absolute Gasteiger partial charge is 0.285 e. The maximum Gasteiger partial charge on any atom is 0.285 e. The minimum atomic E-state index is -1.32. The molecule has 0 spiro atoms. The van der Waals surface area contributed by atoms with E-state index in [1.807, 2.05) is 133 Å². The summed E-state index contributed by atoms with van der Waals surface area (Å²) in [6.07, 6.45) is 0. The van der Waals surface area contributed by atoms with E-state index in [-0.39, 0.29) is 16.5 Å². The topological polar surface area (TPSA) is 75.5 Å². The molecule has 190 valence electrons. The van der Waals surface area contributed by atoms with Crippen LogP contribution in [0.3, 0.4) is 0 Å².